The third kappa shape index (κ3) is 5.86. The van der Waals surface area contributed by atoms with E-state index in [0.717, 1.165) is 24.0 Å². The van der Waals surface area contributed by atoms with Gasteiger partial charge in [0.25, 0.3) is 0 Å². The molecule has 0 amide bonds. The lowest BCUT2D eigenvalue weighted by atomic mass is 10.0. The minimum absolute atomic E-state index is 0.533. The van der Waals surface area contributed by atoms with E-state index in [2.05, 4.69) is 25.3 Å². The van der Waals surface area contributed by atoms with Crippen LogP contribution in [0, 0.1) is 0 Å². The fourth-order valence-electron chi connectivity index (χ4n) is 2.43. The zero-order valence-corrected chi connectivity index (χ0v) is 14.6. The summed E-state index contributed by atoms with van der Waals surface area (Å²) >= 11 is 0. The number of rotatable bonds is 11. The maximum Gasteiger partial charge on any atom is 0.215 e. The molecule has 0 aromatic heterocycles. The lowest BCUT2D eigenvalue weighted by Gasteiger charge is -2.31. The Kier molecular flexibility index (Phi) is 7.90. The molecule has 25 heavy (non-hydrogen) atoms. The largest absolute Gasteiger partial charge is 0.342 e. The first-order chi connectivity index (χ1) is 12.3. The molecule has 0 saturated heterocycles. The van der Waals surface area contributed by atoms with Crippen LogP contribution in [-0.2, 0) is 15.3 Å². The number of hydrogen-bond acceptors (Lipinski definition) is 2. The van der Waals surface area contributed by atoms with Gasteiger partial charge in [0.1, 0.15) is 0 Å². The third-order valence-corrected chi connectivity index (χ3v) is 3.75. The minimum Gasteiger partial charge on any atom is -0.342 e. The fourth-order valence-corrected chi connectivity index (χ4v) is 2.43. The maximum atomic E-state index is 6.21. The smallest absolute Gasteiger partial charge is 0.215 e. The van der Waals surface area contributed by atoms with Crippen LogP contribution < -0.4 is 0 Å². The predicted molar refractivity (Wildman–Crippen MR) is 105 cm³/mol. The molecule has 0 aliphatic carbocycles. The van der Waals surface area contributed by atoms with Crippen molar-refractivity contribution in [2.24, 2.45) is 0 Å². The minimum atomic E-state index is -0.927. The number of hydrogen-bond donors (Lipinski definition) is 0. The first-order valence-corrected chi connectivity index (χ1v) is 8.60. The van der Waals surface area contributed by atoms with Crippen LogP contribution in [0.3, 0.4) is 0 Å². The highest BCUT2D eigenvalue weighted by molar-refractivity contribution is 5.51. The van der Waals surface area contributed by atoms with Gasteiger partial charge in [0.2, 0.25) is 5.79 Å². The lowest BCUT2D eigenvalue weighted by Crippen LogP contribution is -2.32. The van der Waals surface area contributed by atoms with E-state index in [4.69, 9.17) is 9.47 Å². The van der Waals surface area contributed by atoms with Crippen molar-refractivity contribution < 1.29 is 9.47 Å². The highest BCUT2D eigenvalue weighted by Crippen LogP contribution is 2.31. The molecule has 0 radical (unpaired) electrons. The van der Waals surface area contributed by atoms with Gasteiger partial charge in [0.05, 0.1) is 13.2 Å². The van der Waals surface area contributed by atoms with E-state index < -0.39 is 5.79 Å². The van der Waals surface area contributed by atoms with Gasteiger partial charge in [-0.05, 0) is 24.5 Å². The van der Waals surface area contributed by atoms with Crippen molar-refractivity contribution in [2.75, 3.05) is 13.2 Å². The second-order valence-corrected chi connectivity index (χ2v) is 5.63. The SMILES string of the molecule is C=CCCOC(/C=C/c1ccccc1)(OCCC=C)c1ccccc1. The van der Waals surface area contributed by atoms with E-state index in [1.165, 1.54) is 0 Å². The van der Waals surface area contributed by atoms with Crippen LogP contribution in [0.5, 0.6) is 0 Å². The molecule has 0 saturated carbocycles. The molecule has 0 atom stereocenters. The van der Waals surface area contributed by atoms with Crippen molar-refractivity contribution in [3.05, 3.63) is 103 Å². The van der Waals surface area contributed by atoms with Gasteiger partial charge in [-0.25, -0.2) is 0 Å². The second-order valence-electron chi connectivity index (χ2n) is 5.63. The van der Waals surface area contributed by atoms with Crippen LogP contribution in [0.2, 0.25) is 0 Å². The fraction of sp³-hybridized carbons (Fsp3) is 0.217. The molecular formula is C23H26O2. The van der Waals surface area contributed by atoms with Crippen molar-refractivity contribution in [2.45, 2.75) is 18.6 Å². The van der Waals surface area contributed by atoms with Crippen molar-refractivity contribution in [3.63, 3.8) is 0 Å². The van der Waals surface area contributed by atoms with Crippen LogP contribution >= 0.6 is 0 Å². The molecule has 2 nitrogen and oxygen atoms in total. The average Bonchev–Trinajstić information content (AvgIpc) is 2.67. The van der Waals surface area contributed by atoms with Gasteiger partial charge < -0.3 is 9.47 Å². The van der Waals surface area contributed by atoms with E-state index >= 15 is 0 Å². The Morgan fingerprint density at radius 3 is 1.80 bits per heavy atom. The molecule has 0 bridgehead atoms. The van der Waals surface area contributed by atoms with Gasteiger partial charge in [0.15, 0.2) is 0 Å². The summed E-state index contributed by atoms with van der Waals surface area (Å²) < 4.78 is 12.4. The molecule has 2 heteroatoms. The summed E-state index contributed by atoms with van der Waals surface area (Å²) in [7, 11) is 0. The van der Waals surface area contributed by atoms with Crippen molar-refractivity contribution in [1.82, 2.24) is 0 Å². The van der Waals surface area contributed by atoms with Crippen LogP contribution in [0.15, 0.2) is 92.0 Å². The van der Waals surface area contributed by atoms with Gasteiger partial charge in [-0.3, -0.25) is 0 Å². The van der Waals surface area contributed by atoms with Crippen molar-refractivity contribution in [1.29, 1.82) is 0 Å². The summed E-state index contributed by atoms with van der Waals surface area (Å²) in [6, 6.07) is 20.2. The first-order valence-electron chi connectivity index (χ1n) is 8.60. The summed E-state index contributed by atoms with van der Waals surface area (Å²) in [4.78, 5) is 0. The quantitative estimate of drug-likeness (QED) is 0.296. The Hall–Kier alpha value is -2.42. The van der Waals surface area contributed by atoms with Gasteiger partial charge in [0, 0.05) is 5.56 Å². The predicted octanol–water partition coefficient (Wildman–Crippen LogP) is 5.74. The Morgan fingerprint density at radius 2 is 1.28 bits per heavy atom. The molecule has 2 rings (SSSR count). The Bertz CT molecular complexity index is 645. The van der Waals surface area contributed by atoms with Crippen LogP contribution in [0.4, 0.5) is 0 Å². The summed E-state index contributed by atoms with van der Waals surface area (Å²) in [6.45, 7) is 8.61. The van der Waals surface area contributed by atoms with E-state index in [-0.39, 0.29) is 0 Å². The van der Waals surface area contributed by atoms with Crippen molar-refractivity contribution >= 4 is 6.08 Å². The summed E-state index contributed by atoms with van der Waals surface area (Å²) in [5.41, 5.74) is 2.07. The highest BCUT2D eigenvalue weighted by Gasteiger charge is 2.31. The molecule has 0 spiro atoms. The van der Waals surface area contributed by atoms with E-state index in [0.29, 0.717) is 13.2 Å². The Labute approximate surface area is 151 Å². The normalized spacial score (nSPS) is 11.5. The zero-order chi connectivity index (χ0) is 17.8. The monoisotopic (exact) mass is 334 g/mol. The number of ether oxygens (including phenoxy) is 2. The highest BCUT2D eigenvalue weighted by atomic mass is 16.7. The third-order valence-electron chi connectivity index (χ3n) is 3.75. The van der Waals surface area contributed by atoms with Gasteiger partial charge in [-0.1, -0.05) is 78.9 Å². The van der Waals surface area contributed by atoms with Crippen LogP contribution in [-0.4, -0.2) is 13.2 Å². The van der Waals surface area contributed by atoms with Crippen molar-refractivity contribution in [3.8, 4) is 0 Å². The molecule has 0 aliphatic rings. The van der Waals surface area contributed by atoms with Gasteiger partial charge in [-0.2, -0.15) is 0 Å². The average molecular weight is 334 g/mol. The lowest BCUT2D eigenvalue weighted by molar-refractivity contribution is -0.210. The molecule has 0 N–H and O–H groups in total. The van der Waals surface area contributed by atoms with Gasteiger partial charge in [-0.15, -0.1) is 13.2 Å². The molecule has 0 heterocycles. The maximum absolute atomic E-state index is 6.21. The molecule has 0 fully saturated rings. The standard InChI is InChI=1S/C23H26O2/c1-3-5-19-24-23(25-20-6-4-2,22-15-11-8-12-16-22)18-17-21-13-9-7-10-14-21/h3-4,7-18H,1-2,5-6,19-20H2/b18-17+. The van der Waals surface area contributed by atoms with Crippen LogP contribution in [0.1, 0.15) is 24.0 Å². The van der Waals surface area contributed by atoms with Gasteiger partial charge >= 0.3 is 0 Å². The number of benzene rings is 2. The molecule has 2 aromatic rings. The topological polar surface area (TPSA) is 18.5 Å². The van der Waals surface area contributed by atoms with E-state index in [9.17, 15) is 0 Å². The zero-order valence-electron chi connectivity index (χ0n) is 14.6. The molecule has 0 unspecified atom stereocenters. The Balaban J connectivity index is 2.35. The molecular weight excluding hydrogens is 308 g/mol. The Morgan fingerprint density at radius 1 is 0.760 bits per heavy atom. The molecule has 130 valence electrons. The summed E-state index contributed by atoms with van der Waals surface area (Å²) in [5, 5.41) is 0. The van der Waals surface area contributed by atoms with Crippen LogP contribution in [0.25, 0.3) is 6.08 Å². The van der Waals surface area contributed by atoms with E-state index in [1.54, 1.807) is 0 Å². The van der Waals surface area contributed by atoms with E-state index in [1.807, 2.05) is 72.8 Å². The second kappa shape index (κ2) is 10.4. The first kappa shape index (κ1) is 18.9. The molecule has 0 aliphatic heterocycles. The molecule has 2 aromatic carbocycles. The summed E-state index contributed by atoms with van der Waals surface area (Å²) in [5.74, 6) is -0.927. The summed E-state index contributed by atoms with van der Waals surface area (Å²) in [6.07, 6.45) is 9.25.